The number of anilines is 1. The van der Waals surface area contributed by atoms with Crippen molar-refractivity contribution in [1.29, 1.82) is 5.26 Å². The number of nitriles is 1. The summed E-state index contributed by atoms with van der Waals surface area (Å²) in [5, 5.41) is 17.7. The highest BCUT2D eigenvalue weighted by molar-refractivity contribution is 7.52. The molecular formula is C32H43N6O8P. The lowest BCUT2D eigenvalue weighted by Gasteiger charge is -2.29. The molecule has 2 aliphatic rings. The van der Waals surface area contributed by atoms with Gasteiger partial charge >= 0.3 is 13.7 Å². The number of esters is 1. The van der Waals surface area contributed by atoms with Crippen LogP contribution in [0.4, 0.5) is 5.82 Å². The number of benzene rings is 1. The van der Waals surface area contributed by atoms with Crippen LogP contribution in [0.25, 0.3) is 5.52 Å². The van der Waals surface area contributed by atoms with E-state index in [-0.39, 0.29) is 24.9 Å². The van der Waals surface area contributed by atoms with Gasteiger partial charge in [0, 0.05) is 0 Å². The fraction of sp³-hybridized carbons (Fsp3) is 0.562. The number of aromatic nitrogens is 3. The van der Waals surface area contributed by atoms with E-state index in [1.165, 1.54) is 17.8 Å². The Kier molecular flexibility index (Phi) is 9.99. The highest BCUT2D eigenvalue weighted by Crippen LogP contribution is 2.52. The summed E-state index contributed by atoms with van der Waals surface area (Å²) < 4.78 is 52.5. The number of carbonyl (C=O) groups excluding carboxylic acids is 1. The van der Waals surface area contributed by atoms with Crippen LogP contribution in [0.2, 0.25) is 0 Å². The number of carbonyl (C=O) groups is 1. The molecule has 1 unspecified atom stereocenters. The van der Waals surface area contributed by atoms with Gasteiger partial charge in [-0.2, -0.15) is 15.4 Å². The van der Waals surface area contributed by atoms with Gasteiger partial charge in [-0.05, 0) is 63.8 Å². The highest BCUT2D eigenvalue weighted by Gasteiger charge is 2.65. The molecule has 3 aromatic rings. The maximum atomic E-state index is 14.5. The van der Waals surface area contributed by atoms with Crippen molar-refractivity contribution in [3.8, 4) is 11.8 Å². The van der Waals surface area contributed by atoms with E-state index in [1.54, 1.807) is 26.0 Å². The van der Waals surface area contributed by atoms with Gasteiger partial charge < -0.3 is 29.2 Å². The zero-order valence-corrected chi connectivity index (χ0v) is 28.7. The highest BCUT2D eigenvalue weighted by atomic mass is 31.2. The van der Waals surface area contributed by atoms with E-state index in [1.807, 2.05) is 45.9 Å². The first-order valence-electron chi connectivity index (χ1n) is 15.7. The molecule has 5 rings (SSSR count). The van der Waals surface area contributed by atoms with Crippen molar-refractivity contribution in [2.75, 3.05) is 18.9 Å². The third kappa shape index (κ3) is 6.88. The maximum absolute atomic E-state index is 14.5. The number of hydrogen-bond acceptors (Lipinski definition) is 12. The van der Waals surface area contributed by atoms with Gasteiger partial charge in [0.1, 0.15) is 48.0 Å². The number of aryl methyl sites for hydroxylation is 2. The first-order chi connectivity index (χ1) is 22.3. The van der Waals surface area contributed by atoms with E-state index in [9.17, 15) is 14.6 Å². The molecule has 3 N–H and O–H groups in total. The van der Waals surface area contributed by atoms with Crippen LogP contribution in [0.5, 0.6) is 5.75 Å². The number of nitrogen functional groups attached to an aromatic ring is 1. The number of rotatable bonds is 13. The smallest absolute Gasteiger partial charge is 0.459 e. The second-order valence-corrected chi connectivity index (χ2v) is 14.1. The third-order valence-electron chi connectivity index (χ3n) is 8.61. The topological polar surface area (TPSA) is 182 Å². The van der Waals surface area contributed by atoms with Gasteiger partial charge in [-0.1, -0.05) is 44.9 Å². The molecule has 47 heavy (non-hydrogen) atoms. The average molecular weight is 671 g/mol. The molecule has 6 atom stereocenters. The minimum atomic E-state index is -4.30. The van der Waals surface area contributed by atoms with Crippen molar-refractivity contribution >= 4 is 25.1 Å². The second kappa shape index (κ2) is 13.5. The van der Waals surface area contributed by atoms with E-state index in [4.69, 9.17) is 33.7 Å². The molecule has 14 nitrogen and oxygen atoms in total. The van der Waals surface area contributed by atoms with Crippen LogP contribution in [-0.4, -0.2) is 63.9 Å². The molecule has 0 spiro atoms. The molecule has 2 aliphatic heterocycles. The SMILES string of the molecule is CCC(CC)COC(=O)[C@H](C)NP(=O)(OC[C@H]1O[C@@](C#N)(c2ccc3c(N)ncnn23)[C@@H]2OC(C)(C)O[C@@H]21)Oc1c(C)cccc1C. The maximum Gasteiger partial charge on any atom is 0.459 e. The Balaban J connectivity index is 1.44. The largest absolute Gasteiger partial charge is 0.464 e. The van der Waals surface area contributed by atoms with Crippen LogP contribution in [0.3, 0.4) is 0 Å². The molecule has 0 saturated carbocycles. The van der Waals surface area contributed by atoms with Gasteiger partial charge in [0.15, 0.2) is 11.6 Å². The summed E-state index contributed by atoms with van der Waals surface area (Å²) in [5.41, 5.74) is 6.62. The number of hydrogen-bond donors (Lipinski definition) is 2. The summed E-state index contributed by atoms with van der Waals surface area (Å²) in [7, 11) is -4.30. The fourth-order valence-electron chi connectivity index (χ4n) is 5.93. The van der Waals surface area contributed by atoms with Gasteiger partial charge in [-0.15, -0.1) is 0 Å². The number of para-hydroxylation sites is 1. The summed E-state index contributed by atoms with van der Waals surface area (Å²) in [6, 6.07) is 10.1. The first kappa shape index (κ1) is 34.8. The van der Waals surface area contributed by atoms with Crippen LogP contribution in [0.1, 0.15) is 64.3 Å². The lowest BCUT2D eigenvalue weighted by Crippen LogP contribution is -2.40. The van der Waals surface area contributed by atoms with Crippen molar-refractivity contribution in [3.63, 3.8) is 0 Å². The van der Waals surface area contributed by atoms with Crippen molar-refractivity contribution < 1.29 is 37.4 Å². The standard InChI is InChI=1S/C32H43N6O8P/c1-8-22(9-2)15-41-30(39)21(5)37-47(40,46-26-19(3)11-10-12-20(26)4)42-16-24-27-28(45-31(6,7)44-27)32(17-33,43-24)25-14-13-23-29(34)35-18-36-38(23)25/h10-14,18,21-22,24,27-28H,8-9,15-16H2,1-7H3,(H,37,40)(H2,34,35,36)/t21-,24+,27+,28+,32-,47?/m0/s1. The Hall–Kier alpha value is -3.57. The lowest BCUT2D eigenvalue weighted by atomic mass is 9.92. The normalized spacial score (nSPS) is 25.3. The first-order valence-corrected chi connectivity index (χ1v) is 17.3. The van der Waals surface area contributed by atoms with E-state index >= 15 is 0 Å². The molecule has 254 valence electrons. The lowest BCUT2D eigenvalue weighted by molar-refractivity contribution is -0.204. The minimum absolute atomic E-state index is 0.214. The molecule has 0 bridgehead atoms. The van der Waals surface area contributed by atoms with Crippen LogP contribution < -0.4 is 15.3 Å². The zero-order chi connectivity index (χ0) is 34.1. The van der Waals surface area contributed by atoms with Gasteiger partial charge in [0.05, 0.1) is 18.9 Å². The van der Waals surface area contributed by atoms with Gasteiger partial charge in [0.25, 0.3) is 0 Å². The van der Waals surface area contributed by atoms with E-state index in [0.717, 1.165) is 24.0 Å². The zero-order valence-electron chi connectivity index (χ0n) is 27.8. The molecule has 2 aromatic heterocycles. The fourth-order valence-corrected chi connectivity index (χ4v) is 7.56. The summed E-state index contributed by atoms with van der Waals surface area (Å²) in [6.45, 7) is 12.6. The van der Waals surface area contributed by atoms with Crippen LogP contribution in [0.15, 0.2) is 36.7 Å². The monoisotopic (exact) mass is 670 g/mol. The van der Waals surface area contributed by atoms with Crippen LogP contribution in [0, 0.1) is 31.1 Å². The predicted octanol–water partition coefficient (Wildman–Crippen LogP) is 4.73. The van der Waals surface area contributed by atoms with E-state index in [0.29, 0.717) is 17.0 Å². The number of ether oxygens (including phenoxy) is 4. The molecule has 0 aliphatic carbocycles. The Morgan fingerprint density at radius 3 is 2.53 bits per heavy atom. The van der Waals surface area contributed by atoms with Gasteiger partial charge in [-0.25, -0.2) is 14.1 Å². The Labute approximate surface area is 274 Å². The number of nitrogens with one attached hydrogen (secondary N) is 1. The molecule has 0 radical (unpaired) electrons. The molecule has 15 heteroatoms. The Bertz CT molecular complexity index is 1680. The number of nitrogens with zero attached hydrogens (tertiary/aromatic N) is 4. The summed E-state index contributed by atoms with van der Waals surface area (Å²) in [5.74, 6) is -0.893. The van der Waals surface area contributed by atoms with Crippen molar-refractivity contribution in [1.82, 2.24) is 19.7 Å². The van der Waals surface area contributed by atoms with E-state index in [2.05, 4.69) is 21.2 Å². The molecule has 2 fully saturated rings. The van der Waals surface area contributed by atoms with Crippen molar-refractivity contribution in [2.24, 2.45) is 5.92 Å². The summed E-state index contributed by atoms with van der Waals surface area (Å²) in [4.78, 5) is 17.0. The average Bonchev–Trinajstić information content (AvgIpc) is 3.69. The Morgan fingerprint density at radius 2 is 1.87 bits per heavy atom. The predicted molar refractivity (Wildman–Crippen MR) is 171 cm³/mol. The molecule has 0 amide bonds. The van der Waals surface area contributed by atoms with Crippen molar-refractivity contribution in [2.45, 2.75) is 97.0 Å². The molecule has 4 heterocycles. The third-order valence-corrected chi connectivity index (χ3v) is 10.2. The van der Waals surface area contributed by atoms with Gasteiger partial charge in [0.2, 0.25) is 5.60 Å². The van der Waals surface area contributed by atoms with Gasteiger partial charge in [-0.3, -0.25) is 9.32 Å². The van der Waals surface area contributed by atoms with Crippen molar-refractivity contribution in [3.05, 3.63) is 53.5 Å². The summed E-state index contributed by atoms with van der Waals surface area (Å²) >= 11 is 0. The molecule has 2 saturated heterocycles. The van der Waals surface area contributed by atoms with Crippen LogP contribution >= 0.6 is 7.75 Å². The minimum Gasteiger partial charge on any atom is -0.464 e. The Morgan fingerprint density at radius 1 is 1.17 bits per heavy atom. The molecular weight excluding hydrogens is 627 g/mol. The number of nitrogens with two attached hydrogens (primary N) is 1. The molecule has 1 aromatic carbocycles. The quantitative estimate of drug-likeness (QED) is 0.188. The summed E-state index contributed by atoms with van der Waals surface area (Å²) in [6.07, 6.45) is 0.308. The number of fused-ring (bicyclic) bond motifs is 2. The van der Waals surface area contributed by atoms with E-state index < -0.39 is 49.5 Å². The second-order valence-electron chi connectivity index (χ2n) is 12.5. The van der Waals surface area contributed by atoms with Crippen LogP contribution in [-0.2, 0) is 38.4 Å².